The van der Waals surface area contributed by atoms with Gasteiger partial charge in [0.15, 0.2) is 5.15 Å². The molecule has 2 rings (SSSR count). The summed E-state index contributed by atoms with van der Waals surface area (Å²) in [5.41, 5.74) is 0. The van der Waals surface area contributed by atoms with Gasteiger partial charge >= 0.3 is 0 Å². The van der Waals surface area contributed by atoms with Gasteiger partial charge in [0.25, 0.3) is 0 Å². The van der Waals surface area contributed by atoms with Crippen molar-refractivity contribution in [3.8, 4) is 0 Å². The van der Waals surface area contributed by atoms with Gasteiger partial charge in [-0.05, 0) is 12.1 Å². The van der Waals surface area contributed by atoms with Crippen LogP contribution in [0.5, 0.6) is 0 Å². The Morgan fingerprint density at radius 2 is 2.17 bits per heavy atom. The van der Waals surface area contributed by atoms with Crippen LogP contribution in [0.2, 0.25) is 5.15 Å². The van der Waals surface area contributed by atoms with Gasteiger partial charge in [0, 0.05) is 15.2 Å². The molecule has 0 atom stereocenters. The molecule has 0 bridgehead atoms. The molecule has 0 amide bonds. The zero-order chi connectivity index (χ0) is 8.55. The fourth-order valence-electron chi connectivity index (χ4n) is 1.02. The molecule has 1 aromatic heterocycles. The standard InChI is InChI=1S/C8H4BrClN2/c9-6-2-1-5-4-11-12-8(10)7(5)3-6/h1-4H. The van der Waals surface area contributed by atoms with E-state index in [1.165, 1.54) is 0 Å². The van der Waals surface area contributed by atoms with Crippen LogP contribution in [0.3, 0.4) is 0 Å². The molecule has 0 unspecified atom stereocenters. The Hall–Kier alpha value is -0.670. The van der Waals surface area contributed by atoms with E-state index >= 15 is 0 Å². The summed E-state index contributed by atoms with van der Waals surface area (Å²) in [6.07, 6.45) is 1.69. The van der Waals surface area contributed by atoms with Crippen molar-refractivity contribution in [1.29, 1.82) is 0 Å². The van der Waals surface area contributed by atoms with E-state index in [0.29, 0.717) is 5.15 Å². The lowest BCUT2D eigenvalue weighted by Gasteiger charge is -1.97. The van der Waals surface area contributed by atoms with E-state index in [1.807, 2.05) is 18.2 Å². The first-order valence-corrected chi connectivity index (χ1v) is 4.51. The molecule has 2 nitrogen and oxygen atoms in total. The summed E-state index contributed by atoms with van der Waals surface area (Å²) in [4.78, 5) is 0. The molecule has 0 fully saturated rings. The van der Waals surface area contributed by atoms with Crippen molar-refractivity contribution in [2.24, 2.45) is 0 Å². The maximum Gasteiger partial charge on any atom is 0.159 e. The molecule has 60 valence electrons. The molecular formula is C8H4BrClN2. The first-order valence-electron chi connectivity index (χ1n) is 3.34. The highest BCUT2D eigenvalue weighted by Gasteiger charge is 1.99. The quantitative estimate of drug-likeness (QED) is 0.711. The maximum absolute atomic E-state index is 5.83. The third-order valence-electron chi connectivity index (χ3n) is 1.58. The number of hydrogen-bond acceptors (Lipinski definition) is 2. The summed E-state index contributed by atoms with van der Waals surface area (Å²) < 4.78 is 0.991. The smallest absolute Gasteiger partial charge is 0.157 e. The van der Waals surface area contributed by atoms with Crippen LogP contribution in [0, 0.1) is 0 Å². The Morgan fingerprint density at radius 3 is 3.00 bits per heavy atom. The second-order valence-electron chi connectivity index (χ2n) is 2.37. The van der Waals surface area contributed by atoms with Gasteiger partial charge < -0.3 is 0 Å². The SMILES string of the molecule is Clc1nncc2ccc(Br)cc12. The van der Waals surface area contributed by atoms with Gasteiger partial charge in [0.05, 0.1) is 6.20 Å². The zero-order valence-electron chi connectivity index (χ0n) is 5.96. The van der Waals surface area contributed by atoms with E-state index in [9.17, 15) is 0 Å². The van der Waals surface area contributed by atoms with E-state index in [0.717, 1.165) is 15.2 Å². The van der Waals surface area contributed by atoms with Crippen LogP contribution >= 0.6 is 27.5 Å². The molecule has 0 saturated heterocycles. The number of halogens is 2. The fraction of sp³-hybridized carbons (Fsp3) is 0. The minimum absolute atomic E-state index is 0.439. The van der Waals surface area contributed by atoms with Crippen molar-refractivity contribution in [3.63, 3.8) is 0 Å². The molecule has 0 aliphatic carbocycles. The van der Waals surface area contributed by atoms with E-state index in [-0.39, 0.29) is 0 Å². The van der Waals surface area contributed by atoms with Gasteiger partial charge in [-0.1, -0.05) is 33.6 Å². The highest BCUT2D eigenvalue weighted by atomic mass is 79.9. The van der Waals surface area contributed by atoms with Gasteiger partial charge in [0.2, 0.25) is 0 Å². The van der Waals surface area contributed by atoms with Gasteiger partial charge in [-0.2, -0.15) is 5.10 Å². The minimum Gasteiger partial charge on any atom is -0.157 e. The molecule has 12 heavy (non-hydrogen) atoms. The molecule has 1 aromatic carbocycles. The second-order valence-corrected chi connectivity index (χ2v) is 3.64. The molecule has 0 aliphatic heterocycles. The van der Waals surface area contributed by atoms with Crippen molar-refractivity contribution in [3.05, 3.63) is 34.0 Å². The van der Waals surface area contributed by atoms with Crippen LogP contribution in [-0.4, -0.2) is 10.2 Å². The number of aromatic nitrogens is 2. The van der Waals surface area contributed by atoms with E-state index in [4.69, 9.17) is 11.6 Å². The fourth-order valence-corrected chi connectivity index (χ4v) is 1.58. The number of fused-ring (bicyclic) bond motifs is 1. The monoisotopic (exact) mass is 242 g/mol. The highest BCUT2D eigenvalue weighted by Crippen LogP contribution is 2.23. The molecule has 1 heterocycles. The lowest BCUT2D eigenvalue weighted by atomic mass is 10.2. The van der Waals surface area contributed by atoms with Gasteiger partial charge in [0.1, 0.15) is 0 Å². The Kier molecular flexibility index (Phi) is 1.98. The predicted molar refractivity (Wildman–Crippen MR) is 52.2 cm³/mol. The van der Waals surface area contributed by atoms with E-state index in [1.54, 1.807) is 6.20 Å². The Morgan fingerprint density at radius 1 is 1.33 bits per heavy atom. The molecule has 0 N–H and O–H groups in total. The highest BCUT2D eigenvalue weighted by molar-refractivity contribution is 9.10. The maximum atomic E-state index is 5.83. The average molecular weight is 243 g/mol. The molecule has 2 aromatic rings. The van der Waals surface area contributed by atoms with E-state index in [2.05, 4.69) is 26.1 Å². The van der Waals surface area contributed by atoms with Crippen molar-refractivity contribution < 1.29 is 0 Å². The van der Waals surface area contributed by atoms with Crippen molar-refractivity contribution >= 4 is 38.3 Å². The average Bonchev–Trinajstić information content (AvgIpc) is 2.07. The summed E-state index contributed by atoms with van der Waals surface area (Å²) in [7, 11) is 0. The number of hydrogen-bond donors (Lipinski definition) is 0. The zero-order valence-corrected chi connectivity index (χ0v) is 8.30. The van der Waals surface area contributed by atoms with Crippen LogP contribution in [0.1, 0.15) is 0 Å². The molecule has 0 saturated carbocycles. The summed E-state index contributed by atoms with van der Waals surface area (Å²) in [6.45, 7) is 0. The van der Waals surface area contributed by atoms with Gasteiger partial charge in [-0.3, -0.25) is 0 Å². The minimum atomic E-state index is 0.439. The predicted octanol–water partition coefficient (Wildman–Crippen LogP) is 3.05. The van der Waals surface area contributed by atoms with Gasteiger partial charge in [-0.15, -0.1) is 5.10 Å². The molecule has 0 radical (unpaired) electrons. The number of nitrogens with zero attached hydrogens (tertiary/aromatic N) is 2. The Balaban J connectivity index is 2.88. The molecule has 0 spiro atoms. The van der Waals surface area contributed by atoms with Crippen LogP contribution in [-0.2, 0) is 0 Å². The van der Waals surface area contributed by atoms with Crippen molar-refractivity contribution in [1.82, 2.24) is 10.2 Å². The first kappa shape index (κ1) is 7.95. The van der Waals surface area contributed by atoms with Crippen LogP contribution in [0.15, 0.2) is 28.9 Å². The Labute approximate surface area is 82.7 Å². The summed E-state index contributed by atoms with van der Waals surface area (Å²) in [5.74, 6) is 0. The second kappa shape index (κ2) is 2.99. The lowest BCUT2D eigenvalue weighted by Crippen LogP contribution is -1.82. The largest absolute Gasteiger partial charge is 0.159 e. The summed E-state index contributed by atoms with van der Waals surface area (Å²) >= 11 is 9.19. The first-order chi connectivity index (χ1) is 5.77. The molecular weight excluding hydrogens is 239 g/mol. The Bertz CT molecular complexity index is 430. The van der Waals surface area contributed by atoms with E-state index < -0.39 is 0 Å². The third-order valence-corrected chi connectivity index (χ3v) is 2.35. The van der Waals surface area contributed by atoms with Crippen molar-refractivity contribution in [2.45, 2.75) is 0 Å². The number of benzene rings is 1. The normalized spacial score (nSPS) is 10.5. The summed E-state index contributed by atoms with van der Waals surface area (Å²) in [5, 5.41) is 9.84. The lowest BCUT2D eigenvalue weighted by molar-refractivity contribution is 1.05. The molecule has 4 heteroatoms. The third kappa shape index (κ3) is 1.30. The van der Waals surface area contributed by atoms with Crippen LogP contribution in [0.25, 0.3) is 10.8 Å². The summed E-state index contributed by atoms with van der Waals surface area (Å²) in [6, 6.07) is 5.81. The van der Waals surface area contributed by atoms with Crippen LogP contribution in [0.4, 0.5) is 0 Å². The van der Waals surface area contributed by atoms with Crippen LogP contribution < -0.4 is 0 Å². The molecule has 0 aliphatic rings. The topological polar surface area (TPSA) is 25.8 Å². The number of rotatable bonds is 0. The van der Waals surface area contributed by atoms with Crippen molar-refractivity contribution in [2.75, 3.05) is 0 Å². The van der Waals surface area contributed by atoms with Gasteiger partial charge in [-0.25, -0.2) is 0 Å².